The second-order valence-corrected chi connectivity index (χ2v) is 4.92. The minimum Gasteiger partial charge on any atom is -0.497 e. The van der Waals surface area contributed by atoms with E-state index in [9.17, 15) is 0 Å². The van der Waals surface area contributed by atoms with E-state index < -0.39 is 0 Å². The zero-order valence-electron chi connectivity index (χ0n) is 10.9. The highest BCUT2D eigenvalue weighted by atomic mass is 35.5. The summed E-state index contributed by atoms with van der Waals surface area (Å²) in [6.45, 7) is 4.21. The highest BCUT2D eigenvalue weighted by molar-refractivity contribution is 6.22. The first kappa shape index (κ1) is 13.0. The van der Waals surface area contributed by atoms with Crippen LogP contribution in [-0.2, 0) is 0 Å². The summed E-state index contributed by atoms with van der Waals surface area (Å²) in [7, 11) is 1.66. The molecule has 2 heteroatoms. The highest BCUT2D eigenvalue weighted by Gasteiger charge is 2.11. The average molecular weight is 261 g/mol. The number of hydrogen-bond acceptors (Lipinski definition) is 1. The van der Waals surface area contributed by atoms with E-state index in [0.717, 1.165) is 16.9 Å². The van der Waals surface area contributed by atoms with Crippen molar-refractivity contribution in [1.82, 2.24) is 0 Å². The van der Waals surface area contributed by atoms with Crippen LogP contribution in [0.15, 0.2) is 42.5 Å². The van der Waals surface area contributed by atoms with Crippen molar-refractivity contribution in [2.75, 3.05) is 7.11 Å². The van der Waals surface area contributed by atoms with Crippen LogP contribution in [0.2, 0.25) is 0 Å². The molecular weight excluding hydrogens is 244 g/mol. The fraction of sp³-hybridized carbons (Fsp3) is 0.250. The van der Waals surface area contributed by atoms with Crippen LogP contribution in [0.1, 0.15) is 27.6 Å². The molecule has 0 amide bonds. The third kappa shape index (κ3) is 2.68. The minimum atomic E-state index is -0.116. The molecule has 18 heavy (non-hydrogen) atoms. The molecule has 0 heterocycles. The normalized spacial score (nSPS) is 12.2. The van der Waals surface area contributed by atoms with Crippen LogP contribution >= 0.6 is 11.6 Å². The van der Waals surface area contributed by atoms with Gasteiger partial charge in [-0.2, -0.15) is 0 Å². The first-order valence-electron chi connectivity index (χ1n) is 5.97. The van der Waals surface area contributed by atoms with Crippen molar-refractivity contribution in [2.45, 2.75) is 19.2 Å². The summed E-state index contributed by atoms with van der Waals surface area (Å²) in [4.78, 5) is 0. The first-order valence-corrected chi connectivity index (χ1v) is 6.40. The van der Waals surface area contributed by atoms with Crippen LogP contribution < -0.4 is 4.74 Å². The van der Waals surface area contributed by atoms with E-state index >= 15 is 0 Å². The number of ether oxygens (including phenoxy) is 1. The van der Waals surface area contributed by atoms with Gasteiger partial charge in [-0.05, 0) is 48.2 Å². The van der Waals surface area contributed by atoms with Gasteiger partial charge in [0.15, 0.2) is 0 Å². The number of methoxy groups -OCH3 is 1. The Balaban J connectivity index is 2.28. The quantitative estimate of drug-likeness (QED) is 0.731. The third-order valence-corrected chi connectivity index (χ3v) is 3.74. The molecule has 0 N–H and O–H groups in total. The van der Waals surface area contributed by atoms with Crippen molar-refractivity contribution in [3.05, 3.63) is 64.7 Å². The molecule has 0 aliphatic rings. The lowest BCUT2D eigenvalue weighted by Gasteiger charge is -2.12. The largest absolute Gasteiger partial charge is 0.497 e. The third-order valence-electron chi connectivity index (χ3n) is 3.23. The Morgan fingerprint density at radius 1 is 0.889 bits per heavy atom. The number of benzene rings is 2. The molecule has 0 aliphatic carbocycles. The summed E-state index contributed by atoms with van der Waals surface area (Å²) in [6, 6.07) is 14.2. The lowest BCUT2D eigenvalue weighted by Crippen LogP contribution is -1.95. The minimum absolute atomic E-state index is 0.116. The van der Waals surface area contributed by atoms with Crippen molar-refractivity contribution in [1.29, 1.82) is 0 Å². The molecule has 1 unspecified atom stereocenters. The molecule has 0 aromatic heterocycles. The maximum atomic E-state index is 6.51. The lowest BCUT2D eigenvalue weighted by atomic mass is 10.00. The zero-order valence-corrected chi connectivity index (χ0v) is 11.7. The van der Waals surface area contributed by atoms with Gasteiger partial charge in [0, 0.05) is 0 Å². The first-order chi connectivity index (χ1) is 8.61. The molecule has 0 fully saturated rings. The number of halogens is 1. The Kier molecular flexibility index (Phi) is 3.93. The molecule has 2 aromatic rings. The van der Waals surface area contributed by atoms with Gasteiger partial charge in [0.25, 0.3) is 0 Å². The predicted molar refractivity (Wildman–Crippen MR) is 76.6 cm³/mol. The fourth-order valence-electron chi connectivity index (χ4n) is 1.89. The Morgan fingerprint density at radius 3 is 2.06 bits per heavy atom. The van der Waals surface area contributed by atoms with E-state index in [1.165, 1.54) is 11.1 Å². The van der Waals surface area contributed by atoms with Crippen molar-refractivity contribution in [2.24, 2.45) is 0 Å². The smallest absolute Gasteiger partial charge is 0.118 e. The van der Waals surface area contributed by atoms with Gasteiger partial charge in [-0.25, -0.2) is 0 Å². The summed E-state index contributed by atoms with van der Waals surface area (Å²) in [6.07, 6.45) is 0. The second kappa shape index (κ2) is 5.45. The summed E-state index contributed by atoms with van der Waals surface area (Å²) >= 11 is 6.51. The van der Waals surface area contributed by atoms with Crippen LogP contribution in [0.5, 0.6) is 5.75 Å². The predicted octanol–water partition coefficient (Wildman–Crippen LogP) is 4.64. The Bertz CT molecular complexity index is 531. The van der Waals surface area contributed by atoms with E-state index in [1.54, 1.807) is 7.11 Å². The van der Waals surface area contributed by atoms with Crippen LogP contribution in [0.4, 0.5) is 0 Å². The Morgan fingerprint density at radius 2 is 1.50 bits per heavy atom. The number of rotatable bonds is 3. The monoisotopic (exact) mass is 260 g/mol. The average Bonchev–Trinajstić information content (AvgIpc) is 2.41. The molecule has 1 nitrogen and oxygen atoms in total. The van der Waals surface area contributed by atoms with Crippen LogP contribution in [0, 0.1) is 13.8 Å². The van der Waals surface area contributed by atoms with E-state index in [4.69, 9.17) is 16.3 Å². The maximum absolute atomic E-state index is 6.51. The van der Waals surface area contributed by atoms with Crippen molar-refractivity contribution >= 4 is 11.6 Å². The van der Waals surface area contributed by atoms with Gasteiger partial charge in [0.2, 0.25) is 0 Å². The van der Waals surface area contributed by atoms with Gasteiger partial charge < -0.3 is 4.74 Å². The lowest BCUT2D eigenvalue weighted by molar-refractivity contribution is 0.414. The van der Waals surface area contributed by atoms with Gasteiger partial charge in [-0.1, -0.05) is 30.3 Å². The molecule has 0 bridgehead atoms. The van der Waals surface area contributed by atoms with E-state index in [0.29, 0.717) is 0 Å². The second-order valence-electron chi connectivity index (χ2n) is 4.48. The fourth-order valence-corrected chi connectivity index (χ4v) is 2.17. The molecule has 2 aromatic carbocycles. The molecule has 0 saturated heterocycles. The zero-order chi connectivity index (χ0) is 13.1. The molecular formula is C16H17ClO. The molecule has 94 valence electrons. The molecule has 2 rings (SSSR count). The topological polar surface area (TPSA) is 9.23 Å². The maximum Gasteiger partial charge on any atom is 0.118 e. The van der Waals surface area contributed by atoms with E-state index in [2.05, 4.69) is 32.0 Å². The van der Waals surface area contributed by atoms with Crippen LogP contribution in [0.25, 0.3) is 0 Å². The Hall–Kier alpha value is -1.47. The summed E-state index contributed by atoms with van der Waals surface area (Å²) in [5.74, 6) is 0.850. The van der Waals surface area contributed by atoms with Gasteiger partial charge in [-0.15, -0.1) is 11.6 Å². The molecule has 0 aliphatic heterocycles. The number of alkyl halides is 1. The highest BCUT2D eigenvalue weighted by Crippen LogP contribution is 2.30. The van der Waals surface area contributed by atoms with Crippen molar-refractivity contribution in [3.8, 4) is 5.75 Å². The standard InChI is InChI=1S/C16H17ClO/c1-11-4-5-14(10-12(11)2)16(17)13-6-8-15(18-3)9-7-13/h4-10,16H,1-3H3. The molecule has 1 atom stereocenters. The van der Waals surface area contributed by atoms with Crippen molar-refractivity contribution < 1.29 is 4.74 Å². The summed E-state index contributed by atoms with van der Waals surface area (Å²) in [5, 5.41) is -0.116. The van der Waals surface area contributed by atoms with Gasteiger partial charge in [0.1, 0.15) is 5.75 Å². The Labute approximate surface area is 113 Å². The molecule has 0 saturated carbocycles. The van der Waals surface area contributed by atoms with Crippen molar-refractivity contribution in [3.63, 3.8) is 0 Å². The summed E-state index contributed by atoms with van der Waals surface area (Å²) in [5.41, 5.74) is 4.77. The van der Waals surface area contributed by atoms with Gasteiger partial charge in [-0.3, -0.25) is 0 Å². The SMILES string of the molecule is COc1ccc(C(Cl)c2ccc(C)c(C)c2)cc1. The van der Waals surface area contributed by atoms with Crippen LogP contribution in [-0.4, -0.2) is 7.11 Å². The van der Waals surface area contributed by atoms with E-state index in [1.807, 2.05) is 24.3 Å². The van der Waals surface area contributed by atoms with Gasteiger partial charge >= 0.3 is 0 Å². The molecule has 0 radical (unpaired) electrons. The number of aryl methyl sites for hydroxylation is 2. The van der Waals surface area contributed by atoms with Crippen LogP contribution in [0.3, 0.4) is 0 Å². The number of hydrogen-bond donors (Lipinski definition) is 0. The summed E-state index contributed by atoms with van der Waals surface area (Å²) < 4.78 is 5.15. The molecule has 0 spiro atoms. The van der Waals surface area contributed by atoms with Gasteiger partial charge in [0.05, 0.1) is 12.5 Å². The van der Waals surface area contributed by atoms with E-state index in [-0.39, 0.29) is 5.38 Å².